The first-order chi connectivity index (χ1) is 8.99. The van der Waals surface area contributed by atoms with Gasteiger partial charge in [0.15, 0.2) is 0 Å². The summed E-state index contributed by atoms with van der Waals surface area (Å²) in [5.74, 6) is 0. The molecule has 0 radical (unpaired) electrons. The SMILES string of the molecule is CCC[Si](OC)(OC)OC.CC[Si](OC)(OC)OC. The van der Waals surface area contributed by atoms with E-state index >= 15 is 0 Å². The highest BCUT2D eigenvalue weighted by atomic mass is 28.4. The van der Waals surface area contributed by atoms with Gasteiger partial charge >= 0.3 is 17.6 Å². The van der Waals surface area contributed by atoms with E-state index in [2.05, 4.69) is 6.92 Å². The van der Waals surface area contributed by atoms with Crippen LogP contribution in [0.2, 0.25) is 12.1 Å². The molecule has 0 aromatic rings. The summed E-state index contributed by atoms with van der Waals surface area (Å²) in [6.45, 7) is 4.07. The van der Waals surface area contributed by atoms with E-state index in [1.165, 1.54) is 0 Å². The Balaban J connectivity index is 0. The number of rotatable bonds is 9. The third-order valence-electron chi connectivity index (χ3n) is 2.86. The lowest BCUT2D eigenvalue weighted by molar-refractivity contribution is 0.123. The summed E-state index contributed by atoms with van der Waals surface area (Å²) >= 11 is 0. The standard InChI is InChI=1S/C6H16O3Si.C5H14O3Si/c1-5-6-10(7-2,8-3)9-4;1-5-9(6-2,7-3)8-4/h5-6H2,1-4H3;5H2,1-4H3. The van der Waals surface area contributed by atoms with Crippen molar-refractivity contribution in [3.05, 3.63) is 0 Å². The van der Waals surface area contributed by atoms with Gasteiger partial charge in [0.1, 0.15) is 0 Å². The van der Waals surface area contributed by atoms with Crippen molar-refractivity contribution in [2.45, 2.75) is 32.4 Å². The number of hydrogen-bond donors (Lipinski definition) is 0. The van der Waals surface area contributed by atoms with Gasteiger partial charge in [0, 0.05) is 54.7 Å². The Morgan fingerprint density at radius 2 is 0.895 bits per heavy atom. The van der Waals surface area contributed by atoms with E-state index in [1.807, 2.05) is 6.92 Å². The Morgan fingerprint density at radius 3 is 0.947 bits per heavy atom. The zero-order valence-electron chi connectivity index (χ0n) is 13.6. The monoisotopic (exact) mass is 314 g/mol. The van der Waals surface area contributed by atoms with E-state index in [0.29, 0.717) is 0 Å². The lowest BCUT2D eigenvalue weighted by Crippen LogP contribution is -2.42. The fourth-order valence-electron chi connectivity index (χ4n) is 1.55. The second-order valence-electron chi connectivity index (χ2n) is 3.69. The molecule has 0 aliphatic carbocycles. The van der Waals surface area contributed by atoms with Crippen LogP contribution in [0.4, 0.5) is 0 Å². The normalized spacial score (nSPS) is 12.0. The Morgan fingerprint density at radius 1 is 0.579 bits per heavy atom. The van der Waals surface area contributed by atoms with E-state index in [0.717, 1.165) is 18.5 Å². The second-order valence-corrected chi connectivity index (χ2v) is 10.1. The predicted molar refractivity (Wildman–Crippen MR) is 79.1 cm³/mol. The van der Waals surface area contributed by atoms with Gasteiger partial charge in [-0.3, -0.25) is 0 Å². The largest absolute Gasteiger partial charge is 0.500 e. The molecular formula is C11H30O6Si2. The van der Waals surface area contributed by atoms with Gasteiger partial charge in [-0.1, -0.05) is 20.3 Å². The molecule has 0 saturated carbocycles. The molecular weight excluding hydrogens is 284 g/mol. The van der Waals surface area contributed by atoms with Crippen LogP contribution in [0.15, 0.2) is 0 Å². The molecule has 0 N–H and O–H groups in total. The van der Waals surface area contributed by atoms with Gasteiger partial charge in [0.2, 0.25) is 0 Å². The van der Waals surface area contributed by atoms with E-state index in [-0.39, 0.29) is 0 Å². The summed E-state index contributed by atoms with van der Waals surface area (Å²) in [5, 5.41) is 0. The van der Waals surface area contributed by atoms with Crippen molar-refractivity contribution in [2.75, 3.05) is 42.7 Å². The molecule has 0 aromatic carbocycles. The molecule has 8 heteroatoms. The lowest BCUT2D eigenvalue weighted by Gasteiger charge is -2.23. The van der Waals surface area contributed by atoms with Gasteiger partial charge in [-0.15, -0.1) is 0 Å². The summed E-state index contributed by atoms with van der Waals surface area (Å²) in [6, 6.07) is 1.70. The predicted octanol–water partition coefficient (Wildman–Crippen LogP) is 2.16. The van der Waals surface area contributed by atoms with Crippen LogP contribution in [0.1, 0.15) is 20.3 Å². The molecule has 0 fully saturated rings. The highest BCUT2D eigenvalue weighted by molar-refractivity contribution is 6.60. The van der Waals surface area contributed by atoms with Gasteiger partial charge in [-0.2, -0.15) is 0 Å². The molecule has 19 heavy (non-hydrogen) atoms. The Kier molecular flexibility index (Phi) is 13.5. The first-order valence-electron chi connectivity index (χ1n) is 6.30. The third kappa shape index (κ3) is 7.52. The van der Waals surface area contributed by atoms with Crippen molar-refractivity contribution in [1.29, 1.82) is 0 Å². The molecule has 0 rings (SSSR count). The lowest BCUT2D eigenvalue weighted by atomic mass is 10.6. The Hall–Kier alpha value is 0.194. The second kappa shape index (κ2) is 12.0. The molecule has 0 saturated heterocycles. The van der Waals surface area contributed by atoms with Crippen molar-refractivity contribution in [1.82, 2.24) is 0 Å². The Labute approximate surface area is 120 Å². The number of hydrogen-bond acceptors (Lipinski definition) is 6. The van der Waals surface area contributed by atoms with E-state index in [9.17, 15) is 0 Å². The van der Waals surface area contributed by atoms with Crippen molar-refractivity contribution < 1.29 is 26.6 Å². The highest BCUT2D eigenvalue weighted by Gasteiger charge is 2.36. The van der Waals surface area contributed by atoms with Crippen LogP contribution >= 0.6 is 0 Å². The van der Waals surface area contributed by atoms with Gasteiger partial charge in [0.05, 0.1) is 0 Å². The summed E-state index contributed by atoms with van der Waals surface area (Å²) in [7, 11) is 5.33. The Bertz CT molecular complexity index is 172. The van der Waals surface area contributed by atoms with Crippen molar-refractivity contribution in [3.63, 3.8) is 0 Å². The first-order valence-corrected chi connectivity index (χ1v) is 10.2. The molecule has 0 aromatic heterocycles. The average molecular weight is 315 g/mol. The fourth-order valence-corrected chi connectivity index (χ4v) is 4.64. The first kappa shape index (κ1) is 21.5. The van der Waals surface area contributed by atoms with Crippen molar-refractivity contribution in [2.24, 2.45) is 0 Å². The van der Waals surface area contributed by atoms with Crippen molar-refractivity contribution >= 4 is 17.6 Å². The van der Waals surface area contributed by atoms with Crippen LogP contribution in [0.25, 0.3) is 0 Å². The zero-order chi connectivity index (χ0) is 15.4. The maximum atomic E-state index is 5.17. The fraction of sp³-hybridized carbons (Fsp3) is 1.00. The third-order valence-corrected chi connectivity index (χ3v) is 8.57. The highest BCUT2D eigenvalue weighted by Crippen LogP contribution is 2.13. The maximum Gasteiger partial charge on any atom is 0.500 e. The molecule has 0 unspecified atom stereocenters. The topological polar surface area (TPSA) is 55.4 Å². The van der Waals surface area contributed by atoms with Crippen molar-refractivity contribution in [3.8, 4) is 0 Å². The summed E-state index contributed by atoms with van der Waals surface area (Å²) < 4.78 is 30.8. The summed E-state index contributed by atoms with van der Waals surface area (Å²) in [5.41, 5.74) is 0. The van der Waals surface area contributed by atoms with Crippen LogP contribution < -0.4 is 0 Å². The van der Waals surface area contributed by atoms with Gasteiger partial charge < -0.3 is 26.6 Å². The van der Waals surface area contributed by atoms with Crippen LogP contribution in [0.3, 0.4) is 0 Å². The van der Waals surface area contributed by atoms with Crippen LogP contribution in [0, 0.1) is 0 Å². The molecule has 0 bridgehead atoms. The average Bonchev–Trinajstić information content (AvgIpc) is 2.49. The van der Waals surface area contributed by atoms with E-state index < -0.39 is 17.6 Å². The molecule has 0 heterocycles. The van der Waals surface area contributed by atoms with Gasteiger partial charge in [-0.05, 0) is 0 Å². The van der Waals surface area contributed by atoms with Gasteiger partial charge in [0.25, 0.3) is 0 Å². The van der Waals surface area contributed by atoms with Crippen LogP contribution in [0.5, 0.6) is 0 Å². The molecule has 0 atom stereocenters. The molecule has 6 nitrogen and oxygen atoms in total. The minimum Gasteiger partial charge on any atom is -0.377 e. The summed E-state index contributed by atoms with van der Waals surface area (Å²) in [4.78, 5) is 0. The zero-order valence-corrected chi connectivity index (χ0v) is 15.6. The van der Waals surface area contributed by atoms with Crippen LogP contribution in [-0.4, -0.2) is 60.3 Å². The quantitative estimate of drug-likeness (QED) is 0.608. The molecule has 0 aliphatic heterocycles. The van der Waals surface area contributed by atoms with E-state index in [4.69, 9.17) is 26.6 Å². The van der Waals surface area contributed by atoms with Gasteiger partial charge in [-0.25, -0.2) is 0 Å². The maximum absolute atomic E-state index is 5.17. The molecule has 0 spiro atoms. The smallest absolute Gasteiger partial charge is 0.377 e. The molecule has 0 aliphatic rings. The van der Waals surface area contributed by atoms with E-state index in [1.54, 1.807) is 42.7 Å². The molecule has 0 amide bonds. The minimum absolute atomic E-state index is 0.816. The summed E-state index contributed by atoms with van der Waals surface area (Å²) in [6.07, 6.45) is 1.03. The van der Waals surface area contributed by atoms with Crippen LogP contribution in [-0.2, 0) is 26.6 Å². The minimum atomic E-state index is -2.22. The molecule has 118 valence electrons.